The van der Waals surface area contributed by atoms with Crippen molar-refractivity contribution in [2.45, 2.75) is 83.7 Å². The van der Waals surface area contributed by atoms with Crippen LogP contribution in [-0.4, -0.2) is 5.11 Å². The third-order valence-corrected chi connectivity index (χ3v) is 8.68. The minimum absolute atomic E-state index is 0.157. The van der Waals surface area contributed by atoms with E-state index in [1.54, 1.807) is 0 Å². The minimum atomic E-state index is 0.157. The van der Waals surface area contributed by atoms with Gasteiger partial charge in [0.15, 0.2) is 0 Å². The highest BCUT2D eigenvalue weighted by Crippen LogP contribution is 2.61. The van der Waals surface area contributed by atoms with Crippen LogP contribution in [0.4, 0.5) is 0 Å². The smallest absolute Gasteiger partial charge is 0.0681 e. The summed E-state index contributed by atoms with van der Waals surface area (Å²) < 4.78 is 0. The Morgan fingerprint density at radius 2 is 1.81 bits per heavy atom. The Labute approximate surface area is 158 Å². The van der Waals surface area contributed by atoms with Gasteiger partial charge < -0.3 is 5.11 Å². The molecule has 1 heteroatoms. The van der Waals surface area contributed by atoms with E-state index < -0.39 is 0 Å². The lowest BCUT2D eigenvalue weighted by atomic mass is 9.55. The first-order chi connectivity index (χ1) is 12.7. The Morgan fingerprint density at radius 3 is 2.62 bits per heavy atom. The van der Waals surface area contributed by atoms with Crippen LogP contribution in [0.5, 0.6) is 0 Å². The first-order valence-corrected chi connectivity index (χ1v) is 11.1. The van der Waals surface area contributed by atoms with Gasteiger partial charge in [-0.05, 0) is 85.7 Å². The molecule has 0 radical (unpaired) electrons. The molecule has 4 aliphatic rings. The number of aliphatic hydroxyl groups is 1. The van der Waals surface area contributed by atoms with Gasteiger partial charge in [0.1, 0.15) is 0 Å². The molecule has 1 N–H and O–H groups in total. The van der Waals surface area contributed by atoms with E-state index in [1.807, 2.05) is 11.1 Å². The number of hydrogen-bond acceptors (Lipinski definition) is 1. The van der Waals surface area contributed by atoms with E-state index in [4.69, 9.17) is 0 Å². The molecular formula is C25H34O. The topological polar surface area (TPSA) is 20.2 Å². The summed E-state index contributed by atoms with van der Waals surface area (Å²) in [5, 5.41) is 9.38. The van der Waals surface area contributed by atoms with Crippen LogP contribution in [0.15, 0.2) is 35.4 Å². The molecule has 26 heavy (non-hydrogen) atoms. The molecular weight excluding hydrogens is 316 g/mol. The Morgan fingerprint density at radius 1 is 0.962 bits per heavy atom. The van der Waals surface area contributed by atoms with Gasteiger partial charge in [0.05, 0.1) is 6.61 Å². The summed E-state index contributed by atoms with van der Waals surface area (Å²) in [6, 6.07) is 8.88. The van der Waals surface area contributed by atoms with Gasteiger partial charge in [-0.3, -0.25) is 0 Å². The molecule has 0 bridgehead atoms. The van der Waals surface area contributed by atoms with Crippen molar-refractivity contribution in [1.82, 2.24) is 0 Å². The maximum atomic E-state index is 9.38. The molecule has 0 amide bonds. The summed E-state index contributed by atoms with van der Waals surface area (Å²) in [7, 11) is 0. The fourth-order valence-corrected chi connectivity index (χ4v) is 7.37. The highest BCUT2D eigenvalue weighted by molar-refractivity contribution is 5.39. The van der Waals surface area contributed by atoms with Gasteiger partial charge in [0.25, 0.3) is 0 Å². The normalized spacial score (nSPS) is 39.3. The molecule has 140 valence electrons. The number of rotatable bonds is 2. The van der Waals surface area contributed by atoms with Crippen LogP contribution in [0, 0.1) is 23.2 Å². The summed E-state index contributed by atoms with van der Waals surface area (Å²) in [4.78, 5) is 0. The Hall–Kier alpha value is -1.08. The molecule has 5 atom stereocenters. The fraction of sp³-hybridized carbons (Fsp3) is 0.680. The summed E-state index contributed by atoms with van der Waals surface area (Å²) in [5.41, 5.74) is 7.00. The van der Waals surface area contributed by atoms with Gasteiger partial charge in [-0.2, -0.15) is 0 Å². The summed E-state index contributed by atoms with van der Waals surface area (Å²) in [5.74, 6) is 3.40. The predicted molar refractivity (Wildman–Crippen MR) is 107 cm³/mol. The van der Waals surface area contributed by atoms with Crippen molar-refractivity contribution in [2.75, 3.05) is 0 Å². The van der Waals surface area contributed by atoms with Crippen molar-refractivity contribution in [3.63, 3.8) is 0 Å². The SMILES string of the molecule is C[C@@]12CCC[C@H]1[C@@H]1CCC3CCC[C@@H](c4ccc(CO)cc4)C3=C1CC2. The summed E-state index contributed by atoms with van der Waals surface area (Å²) in [6.45, 7) is 2.76. The van der Waals surface area contributed by atoms with E-state index in [2.05, 4.69) is 31.2 Å². The molecule has 0 aliphatic heterocycles. The summed E-state index contributed by atoms with van der Waals surface area (Å²) in [6.07, 6.45) is 14.3. The second-order valence-corrected chi connectivity index (χ2v) is 9.90. The maximum Gasteiger partial charge on any atom is 0.0681 e. The highest BCUT2D eigenvalue weighted by atomic mass is 16.3. The first-order valence-electron chi connectivity index (χ1n) is 11.1. The van der Waals surface area contributed by atoms with Crippen LogP contribution in [0.3, 0.4) is 0 Å². The molecule has 5 rings (SSSR count). The van der Waals surface area contributed by atoms with Gasteiger partial charge >= 0.3 is 0 Å². The quantitative estimate of drug-likeness (QED) is 0.614. The second-order valence-electron chi connectivity index (χ2n) is 9.90. The molecule has 0 heterocycles. The first kappa shape index (κ1) is 17.0. The number of benzene rings is 1. The van der Waals surface area contributed by atoms with Crippen molar-refractivity contribution in [3.05, 3.63) is 46.5 Å². The zero-order valence-corrected chi connectivity index (χ0v) is 16.3. The van der Waals surface area contributed by atoms with Gasteiger partial charge in [-0.15, -0.1) is 0 Å². The molecule has 0 aromatic heterocycles. The molecule has 3 saturated carbocycles. The van der Waals surface area contributed by atoms with E-state index in [9.17, 15) is 5.11 Å². The zero-order chi connectivity index (χ0) is 17.7. The lowest BCUT2D eigenvalue weighted by Gasteiger charge is -2.50. The fourth-order valence-electron chi connectivity index (χ4n) is 7.37. The molecule has 4 aliphatic carbocycles. The van der Waals surface area contributed by atoms with Crippen LogP contribution in [0.2, 0.25) is 0 Å². The third kappa shape index (κ3) is 2.61. The Bertz CT molecular complexity index is 699. The van der Waals surface area contributed by atoms with Crippen LogP contribution >= 0.6 is 0 Å². The molecule has 1 nitrogen and oxygen atoms in total. The highest BCUT2D eigenvalue weighted by Gasteiger charge is 2.50. The van der Waals surface area contributed by atoms with Gasteiger partial charge in [0.2, 0.25) is 0 Å². The minimum Gasteiger partial charge on any atom is -0.392 e. The standard InChI is InChI=1S/C25H34O/c1-25-14-3-6-23(25)21-12-11-19-4-2-5-20(24(19)22(21)13-15-25)18-9-7-17(16-26)8-10-18/h7-10,19-21,23,26H,2-6,11-16H2,1H3/t19?,20-,21+,23-,25-/m0/s1. The van der Waals surface area contributed by atoms with Crippen LogP contribution in [-0.2, 0) is 6.61 Å². The largest absolute Gasteiger partial charge is 0.392 e. The van der Waals surface area contributed by atoms with E-state index in [-0.39, 0.29) is 6.61 Å². The second kappa shape index (κ2) is 6.51. The average Bonchev–Trinajstić information content (AvgIpc) is 3.09. The molecule has 1 unspecified atom stereocenters. The number of hydrogen-bond donors (Lipinski definition) is 1. The lowest BCUT2D eigenvalue weighted by molar-refractivity contribution is 0.106. The van der Waals surface area contributed by atoms with Crippen molar-refractivity contribution in [3.8, 4) is 0 Å². The van der Waals surface area contributed by atoms with Crippen LogP contribution in [0.1, 0.15) is 88.2 Å². The third-order valence-electron chi connectivity index (χ3n) is 8.68. The van der Waals surface area contributed by atoms with E-state index >= 15 is 0 Å². The summed E-state index contributed by atoms with van der Waals surface area (Å²) >= 11 is 0. The van der Waals surface area contributed by atoms with Crippen molar-refractivity contribution >= 4 is 0 Å². The number of aliphatic hydroxyl groups excluding tert-OH is 1. The van der Waals surface area contributed by atoms with Gasteiger partial charge in [-0.25, -0.2) is 0 Å². The van der Waals surface area contributed by atoms with Crippen molar-refractivity contribution < 1.29 is 5.11 Å². The molecule has 0 saturated heterocycles. The van der Waals surface area contributed by atoms with E-state index in [0.29, 0.717) is 11.3 Å². The Balaban J connectivity index is 1.54. The molecule has 1 aromatic rings. The van der Waals surface area contributed by atoms with Crippen molar-refractivity contribution in [2.24, 2.45) is 23.2 Å². The number of allylic oxidation sites excluding steroid dienone is 2. The van der Waals surface area contributed by atoms with E-state index in [0.717, 1.165) is 23.3 Å². The van der Waals surface area contributed by atoms with Crippen LogP contribution in [0.25, 0.3) is 0 Å². The monoisotopic (exact) mass is 350 g/mol. The Kier molecular flexibility index (Phi) is 4.27. The lowest BCUT2D eigenvalue weighted by Crippen LogP contribution is -2.39. The molecule has 1 aromatic carbocycles. The average molecular weight is 351 g/mol. The number of fused-ring (bicyclic) bond motifs is 4. The maximum absolute atomic E-state index is 9.38. The predicted octanol–water partition coefficient (Wildman–Crippen LogP) is 6.37. The van der Waals surface area contributed by atoms with Gasteiger partial charge in [0, 0.05) is 5.92 Å². The molecule has 3 fully saturated rings. The van der Waals surface area contributed by atoms with Crippen LogP contribution < -0.4 is 0 Å². The van der Waals surface area contributed by atoms with Gasteiger partial charge in [-0.1, -0.05) is 55.2 Å². The zero-order valence-electron chi connectivity index (χ0n) is 16.3. The van der Waals surface area contributed by atoms with E-state index in [1.165, 1.54) is 69.8 Å². The van der Waals surface area contributed by atoms with Crippen molar-refractivity contribution in [1.29, 1.82) is 0 Å². The molecule has 0 spiro atoms.